The summed E-state index contributed by atoms with van der Waals surface area (Å²) >= 11 is 0. The maximum absolute atomic E-state index is 12.6. The van der Waals surface area contributed by atoms with Gasteiger partial charge in [-0.3, -0.25) is 4.79 Å². The molecular weight excluding hydrogens is 282 g/mol. The smallest absolute Gasteiger partial charge is 0.190 e. The second-order valence-corrected chi connectivity index (χ2v) is 6.42. The van der Waals surface area contributed by atoms with E-state index >= 15 is 0 Å². The van der Waals surface area contributed by atoms with E-state index in [2.05, 4.69) is 26.0 Å². The summed E-state index contributed by atoms with van der Waals surface area (Å²) < 4.78 is 0. The molecular formula is C21H21NO. The summed E-state index contributed by atoms with van der Waals surface area (Å²) in [6, 6.07) is 14.0. The van der Waals surface area contributed by atoms with E-state index in [4.69, 9.17) is 4.99 Å². The molecule has 0 bridgehead atoms. The zero-order valence-electron chi connectivity index (χ0n) is 14.1. The SMILES string of the molecule is Cc1ccc(N=C2C=C(C(C)C)C(=O)c3ccccc32)c(C)c1. The first-order valence-corrected chi connectivity index (χ1v) is 7.99. The number of Topliss-reactive ketones (excluding diaryl/α,β-unsaturated/α-hetero) is 1. The van der Waals surface area contributed by atoms with Gasteiger partial charge in [-0.25, -0.2) is 4.99 Å². The molecule has 0 N–H and O–H groups in total. The van der Waals surface area contributed by atoms with Gasteiger partial charge in [0, 0.05) is 16.7 Å². The van der Waals surface area contributed by atoms with Crippen LogP contribution in [0.5, 0.6) is 0 Å². The average molecular weight is 303 g/mol. The van der Waals surface area contributed by atoms with Gasteiger partial charge in [-0.1, -0.05) is 55.8 Å². The van der Waals surface area contributed by atoms with Crippen molar-refractivity contribution in [1.82, 2.24) is 0 Å². The Bertz CT molecular complexity index is 841. The largest absolute Gasteiger partial charge is 0.289 e. The lowest BCUT2D eigenvalue weighted by atomic mass is 9.84. The molecule has 2 aromatic rings. The van der Waals surface area contributed by atoms with Crippen molar-refractivity contribution in [3.8, 4) is 0 Å². The lowest BCUT2D eigenvalue weighted by Crippen LogP contribution is -2.20. The first-order valence-electron chi connectivity index (χ1n) is 7.99. The van der Waals surface area contributed by atoms with Crippen molar-refractivity contribution >= 4 is 17.2 Å². The third kappa shape index (κ3) is 2.89. The number of aryl methyl sites for hydroxylation is 2. The molecule has 23 heavy (non-hydrogen) atoms. The molecule has 0 saturated carbocycles. The van der Waals surface area contributed by atoms with Crippen LogP contribution in [-0.4, -0.2) is 11.5 Å². The molecule has 0 spiro atoms. The van der Waals surface area contributed by atoms with Crippen molar-refractivity contribution in [3.63, 3.8) is 0 Å². The van der Waals surface area contributed by atoms with Crippen LogP contribution in [0.25, 0.3) is 0 Å². The van der Waals surface area contributed by atoms with Crippen molar-refractivity contribution < 1.29 is 4.79 Å². The zero-order valence-corrected chi connectivity index (χ0v) is 14.1. The maximum atomic E-state index is 12.6. The molecule has 0 aromatic heterocycles. The molecule has 116 valence electrons. The number of aliphatic imine (C=N–C) groups is 1. The van der Waals surface area contributed by atoms with Gasteiger partial charge in [-0.2, -0.15) is 0 Å². The number of allylic oxidation sites excluding steroid dienone is 2. The number of benzene rings is 2. The first kappa shape index (κ1) is 15.4. The molecule has 0 radical (unpaired) electrons. The monoisotopic (exact) mass is 303 g/mol. The molecule has 2 nitrogen and oxygen atoms in total. The second-order valence-electron chi connectivity index (χ2n) is 6.42. The fraction of sp³-hybridized carbons (Fsp3) is 0.238. The Balaban J connectivity index is 2.19. The highest BCUT2D eigenvalue weighted by atomic mass is 16.1. The van der Waals surface area contributed by atoms with E-state index in [1.807, 2.05) is 50.3 Å². The Hall–Kier alpha value is -2.48. The van der Waals surface area contributed by atoms with Gasteiger partial charge in [0.15, 0.2) is 5.78 Å². The zero-order chi connectivity index (χ0) is 16.6. The van der Waals surface area contributed by atoms with E-state index < -0.39 is 0 Å². The molecule has 0 saturated heterocycles. The third-order valence-electron chi connectivity index (χ3n) is 4.22. The molecule has 0 atom stereocenters. The summed E-state index contributed by atoms with van der Waals surface area (Å²) in [5.74, 6) is 0.301. The minimum atomic E-state index is 0.121. The van der Waals surface area contributed by atoms with Crippen molar-refractivity contribution in [2.24, 2.45) is 10.9 Å². The van der Waals surface area contributed by atoms with Crippen LogP contribution in [0.1, 0.15) is 40.9 Å². The van der Waals surface area contributed by atoms with Crippen LogP contribution in [0.4, 0.5) is 5.69 Å². The normalized spacial score (nSPS) is 15.8. The summed E-state index contributed by atoms with van der Waals surface area (Å²) in [5.41, 5.74) is 6.69. The molecule has 0 fully saturated rings. The maximum Gasteiger partial charge on any atom is 0.190 e. The number of hydrogen-bond acceptors (Lipinski definition) is 2. The van der Waals surface area contributed by atoms with Crippen LogP contribution < -0.4 is 0 Å². The fourth-order valence-corrected chi connectivity index (χ4v) is 2.93. The summed E-state index contributed by atoms with van der Waals surface area (Å²) in [6.45, 7) is 8.24. The number of nitrogens with zero attached hydrogens (tertiary/aromatic N) is 1. The van der Waals surface area contributed by atoms with Crippen molar-refractivity contribution in [2.75, 3.05) is 0 Å². The Kier molecular flexibility index (Phi) is 3.99. The minimum Gasteiger partial charge on any atom is -0.289 e. The van der Waals surface area contributed by atoms with E-state index in [9.17, 15) is 4.79 Å². The molecule has 2 aromatic carbocycles. The van der Waals surface area contributed by atoms with Crippen molar-refractivity contribution in [1.29, 1.82) is 0 Å². The second kappa shape index (κ2) is 5.96. The van der Waals surface area contributed by atoms with E-state index in [-0.39, 0.29) is 11.7 Å². The topological polar surface area (TPSA) is 29.4 Å². The molecule has 1 aliphatic rings. The number of fused-ring (bicyclic) bond motifs is 1. The Labute approximate surface area is 137 Å². The fourth-order valence-electron chi connectivity index (χ4n) is 2.93. The van der Waals surface area contributed by atoms with Crippen LogP contribution in [0, 0.1) is 19.8 Å². The quantitative estimate of drug-likeness (QED) is 0.749. The van der Waals surface area contributed by atoms with E-state index in [0.29, 0.717) is 0 Å². The van der Waals surface area contributed by atoms with Crippen LogP contribution >= 0.6 is 0 Å². The summed E-state index contributed by atoms with van der Waals surface area (Å²) in [6.07, 6.45) is 1.95. The number of carbonyl (C=O) groups excluding carboxylic acids is 1. The van der Waals surface area contributed by atoms with E-state index in [1.165, 1.54) is 5.56 Å². The number of hydrogen-bond donors (Lipinski definition) is 0. The van der Waals surface area contributed by atoms with Gasteiger partial charge in [-0.15, -0.1) is 0 Å². The Morgan fingerprint density at radius 1 is 0.957 bits per heavy atom. The summed E-state index contributed by atoms with van der Waals surface area (Å²) in [4.78, 5) is 17.5. The summed E-state index contributed by atoms with van der Waals surface area (Å²) in [7, 11) is 0. The molecule has 0 amide bonds. The third-order valence-corrected chi connectivity index (χ3v) is 4.22. The molecule has 1 aliphatic carbocycles. The Morgan fingerprint density at radius 3 is 2.30 bits per heavy atom. The van der Waals surface area contributed by atoms with E-state index in [1.54, 1.807) is 0 Å². The van der Waals surface area contributed by atoms with Gasteiger partial charge in [0.1, 0.15) is 0 Å². The van der Waals surface area contributed by atoms with Gasteiger partial charge in [-0.05, 0) is 37.5 Å². The van der Waals surface area contributed by atoms with Crippen LogP contribution in [0.15, 0.2) is 59.1 Å². The number of rotatable bonds is 2. The van der Waals surface area contributed by atoms with Crippen molar-refractivity contribution in [2.45, 2.75) is 27.7 Å². The molecule has 2 heteroatoms. The minimum absolute atomic E-state index is 0.121. The number of ketones is 1. The van der Waals surface area contributed by atoms with Gasteiger partial charge in [0.2, 0.25) is 0 Å². The van der Waals surface area contributed by atoms with Crippen molar-refractivity contribution in [3.05, 3.63) is 76.4 Å². The highest BCUT2D eigenvalue weighted by Crippen LogP contribution is 2.28. The molecule has 0 unspecified atom stereocenters. The van der Waals surface area contributed by atoms with Crippen LogP contribution in [-0.2, 0) is 0 Å². The van der Waals surface area contributed by atoms with Gasteiger partial charge >= 0.3 is 0 Å². The molecule has 3 rings (SSSR count). The van der Waals surface area contributed by atoms with Gasteiger partial charge in [0.05, 0.1) is 11.4 Å². The highest BCUT2D eigenvalue weighted by Gasteiger charge is 2.25. The Morgan fingerprint density at radius 2 is 1.65 bits per heavy atom. The van der Waals surface area contributed by atoms with E-state index in [0.717, 1.165) is 33.7 Å². The van der Waals surface area contributed by atoms with Crippen LogP contribution in [0.3, 0.4) is 0 Å². The predicted molar refractivity (Wildman–Crippen MR) is 95.8 cm³/mol. The standard InChI is InChI=1S/C21H21NO/c1-13(2)18-12-20(16-7-5-6-8-17(16)21(18)23)22-19-10-9-14(3)11-15(19)4/h5-13H,1-4H3. The summed E-state index contributed by atoms with van der Waals surface area (Å²) in [5, 5.41) is 0. The lowest BCUT2D eigenvalue weighted by molar-refractivity contribution is 0.102. The average Bonchev–Trinajstić information content (AvgIpc) is 2.52. The molecule has 0 aliphatic heterocycles. The first-order chi connectivity index (χ1) is 11.0. The molecule has 0 heterocycles. The van der Waals surface area contributed by atoms with Crippen LogP contribution in [0.2, 0.25) is 0 Å². The van der Waals surface area contributed by atoms with Gasteiger partial charge < -0.3 is 0 Å². The van der Waals surface area contributed by atoms with Gasteiger partial charge in [0.25, 0.3) is 0 Å². The predicted octanol–water partition coefficient (Wildman–Crippen LogP) is 5.20. The number of carbonyl (C=O) groups is 1. The highest BCUT2D eigenvalue weighted by molar-refractivity contribution is 6.26. The lowest BCUT2D eigenvalue weighted by Gasteiger charge is -2.20.